The van der Waals surface area contributed by atoms with Crippen molar-refractivity contribution in [1.29, 1.82) is 0 Å². The number of hydrogen-bond donors (Lipinski definition) is 0. The van der Waals surface area contributed by atoms with E-state index in [1.165, 1.54) is 70.6 Å². The second kappa shape index (κ2) is 13.8. The quantitative estimate of drug-likeness (QED) is 0.158. The molecule has 2 aliphatic carbocycles. The summed E-state index contributed by atoms with van der Waals surface area (Å²) in [4.78, 5) is 0. The first kappa shape index (κ1) is 28.9. The van der Waals surface area contributed by atoms with Crippen LogP contribution in [0.1, 0.15) is 115 Å². The first-order valence-corrected chi connectivity index (χ1v) is 14.6. The molecule has 38 heavy (non-hydrogen) atoms. The zero-order valence-electron chi connectivity index (χ0n) is 22.4. The number of rotatable bonds is 11. The molecule has 209 valence electrons. The average molecular weight is 536 g/mol. The average Bonchev–Trinajstić information content (AvgIpc) is 2.92. The van der Waals surface area contributed by atoms with Gasteiger partial charge in [0.1, 0.15) is 11.6 Å². The molecule has 0 spiro atoms. The first-order valence-electron chi connectivity index (χ1n) is 14.6. The molecular weight excluding hydrogens is 495 g/mol. The van der Waals surface area contributed by atoms with Gasteiger partial charge < -0.3 is 4.74 Å². The largest absolute Gasteiger partial charge is 0.453 e. The Bertz CT molecular complexity index is 1020. The lowest BCUT2D eigenvalue weighted by molar-refractivity contribution is 0.154. The van der Waals surface area contributed by atoms with Crippen molar-refractivity contribution in [2.45, 2.75) is 109 Å². The summed E-state index contributed by atoms with van der Waals surface area (Å²) in [6.07, 6.45) is 17.9. The maximum absolute atomic E-state index is 15.3. The van der Waals surface area contributed by atoms with Crippen LogP contribution >= 0.6 is 0 Å². The zero-order valence-corrected chi connectivity index (χ0v) is 22.4. The highest BCUT2D eigenvalue weighted by molar-refractivity contribution is 5.38. The van der Waals surface area contributed by atoms with Gasteiger partial charge in [-0.15, -0.1) is 0 Å². The molecule has 2 aromatic rings. The minimum atomic E-state index is -1.63. The van der Waals surface area contributed by atoms with Gasteiger partial charge in [-0.05, 0) is 68.3 Å². The maximum atomic E-state index is 15.3. The summed E-state index contributed by atoms with van der Waals surface area (Å²) in [6, 6.07) is 4.62. The molecule has 0 heterocycles. The van der Waals surface area contributed by atoms with Gasteiger partial charge in [0.05, 0.1) is 0 Å². The van der Waals surface area contributed by atoms with Crippen LogP contribution in [0.25, 0.3) is 0 Å². The summed E-state index contributed by atoms with van der Waals surface area (Å²) in [5.74, 6) is -5.10. The molecule has 0 aliphatic heterocycles. The van der Waals surface area contributed by atoms with Gasteiger partial charge in [-0.2, -0.15) is 0 Å². The van der Waals surface area contributed by atoms with Gasteiger partial charge in [0.2, 0.25) is 0 Å². The van der Waals surface area contributed by atoms with Crippen molar-refractivity contribution in [1.82, 2.24) is 0 Å². The molecule has 0 unspecified atom stereocenters. The van der Waals surface area contributed by atoms with Gasteiger partial charge in [0.25, 0.3) is 0 Å². The zero-order chi connectivity index (χ0) is 27.1. The van der Waals surface area contributed by atoms with Crippen LogP contribution in [-0.2, 0) is 0 Å². The van der Waals surface area contributed by atoms with E-state index in [0.29, 0.717) is 36.8 Å². The summed E-state index contributed by atoms with van der Waals surface area (Å²) < 4.78 is 75.6. The Morgan fingerprint density at radius 3 is 1.92 bits per heavy atom. The summed E-state index contributed by atoms with van der Waals surface area (Å²) in [6.45, 7) is 2.25. The maximum Gasteiger partial charge on any atom is 0.194 e. The predicted octanol–water partition coefficient (Wildman–Crippen LogP) is 10.8. The van der Waals surface area contributed by atoms with Gasteiger partial charge in [-0.25, -0.2) is 22.0 Å². The van der Waals surface area contributed by atoms with Crippen molar-refractivity contribution >= 4 is 0 Å². The van der Waals surface area contributed by atoms with Crippen LogP contribution in [0, 0.1) is 52.9 Å². The first-order chi connectivity index (χ1) is 18.4. The van der Waals surface area contributed by atoms with E-state index in [0.717, 1.165) is 24.8 Å². The molecule has 2 fully saturated rings. The van der Waals surface area contributed by atoms with Crippen LogP contribution in [0.5, 0.6) is 11.5 Å². The van der Waals surface area contributed by atoms with Gasteiger partial charge in [0.15, 0.2) is 29.0 Å². The molecular formula is C32H40F5O. The Balaban J connectivity index is 1.28. The normalized spacial score (nSPS) is 23.9. The van der Waals surface area contributed by atoms with Crippen molar-refractivity contribution in [3.05, 3.63) is 58.9 Å². The Morgan fingerprint density at radius 1 is 0.711 bits per heavy atom. The molecule has 2 saturated carbocycles. The number of hydrogen-bond acceptors (Lipinski definition) is 1. The van der Waals surface area contributed by atoms with E-state index in [4.69, 9.17) is 4.74 Å². The van der Waals surface area contributed by atoms with Crippen LogP contribution in [0.15, 0.2) is 18.2 Å². The lowest BCUT2D eigenvalue weighted by atomic mass is 9.68. The van der Waals surface area contributed by atoms with Crippen molar-refractivity contribution in [3.63, 3.8) is 0 Å². The third kappa shape index (κ3) is 7.30. The summed E-state index contributed by atoms with van der Waals surface area (Å²) >= 11 is 0. The second-order valence-corrected chi connectivity index (χ2v) is 11.4. The lowest BCUT2D eigenvalue weighted by Gasteiger charge is -2.38. The standard InChI is InChI=1S/C32H40F5O/c1-2-3-4-5-6-7-8-21-9-11-22(12-10-21)23-13-15-24(16-14-23)30-26(33)17-18-29(32(30)37)38-25-19-27(34)31(36)28(35)20-25/h17,19-24H,2-16H2,1H3/t21-,22-,23?,24?. The van der Waals surface area contributed by atoms with Crippen molar-refractivity contribution in [3.8, 4) is 11.5 Å². The van der Waals surface area contributed by atoms with Gasteiger partial charge in [-0.3, -0.25) is 0 Å². The minimum absolute atomic E-state index is 0.0529. The van der Waals surface area contributed by atoms with Gasteiger partial charge >= 0.3 is 0 Å². The van der Waals surface area contributed by atoms with Crippen molar-refractivity contribution in [2.24, 2.45) is 17.8 Å². The third-order valence-electron chi connectivity index (χ3n) is 8.90. The predicted molar refractivity (Wildman–Crippen MR) is 140 cm³/mol. The molecule has 1 nitrogen and oxygen atoms in total. The van der Waals surface area contributed by atoms with E-state index in [-0.39, 0.29) is 11.5 Å². The van der Waals surface area contributed by atoms with Crippen LogP contribution in [-0.4, -0.2) is 0 Å². The Kier molecular flexibility index (Phi) is 10.5. The van der Waals surface area contributed by atoms with E-state index in [2.05, 4.69) is 13.0 Å². The highest BCUT2D eigenvalue weighted by atomic mass is 19.2. The fourth-order valence-corrected chi connectivity index (χ4v) is 6.70. The summed E-state index contributed by atoms with van der Waals surface area (Å²) in [5.41, 5.74) is -0.0529. The fraction of sp³-hybridized carbons (Fsp3) is 0.625. The summed E-state index contributed by atoms with van der Waals surface area (Å²) in [7, 11) is 0. The van der Waals surface area contributed by atoms with Crippen LogP contribution in [0.2, 0.25) is 0 Å². The number of halogens is 5. The van der Waals surface area contributed by atoms with Gasteiger partial charge in [-0.1, -0.05) is 64.7 Å². The van der Waals surface area contributed by atoms with E-state index in [1.54, 1.807) is 0 Å². The lowest BCUT2D eigenvalue weighted by Crippen LogP contribution is -2.26. The van der Waals surface area contributed by atoms with E-state index in [9.17, 15) is 17.6 Å². The highest BCUT2D eigenvalue weighted by Crippen LogP contribution is 2.46. The second-order valence-electron chi connectivity index (χ2n) is 11.4. The topological polar surface area (TPSA) is 9.23 Å². The molecule has 0 saturated heterocycles. The monoisotopic (exact) mass is 535 g/mol. The van der Waals surface area contributed by atoms with Crippen LogP contribution in [0.3, 0.4) is 0 Å². The molecule has 0 aromatic heterocycles. The van der Waals surface area contributed by atoms with E-state index < -0.39 is 40.6 Å². The SMILES string of the molecule is CCCCCCCC[C@H]1CC[C@H](C2CCC(c3c(F)c[c]c(Oc4cc(F)c(F)c(F)c4)c3F)CC2)CC1. The number of unbranched alkanes of at least 4 members (excludes halogenated alkanes) is 5. The molecule has 6 heteroatoms. The fourth-order valence-electron chi connectivity index (χ4n) is 6.70. The molecule has 0 atom stereocenters. The third-order valence-corrected chi connectivity index (χ3v) is 8.90. The molecule has 1 radical (unpaired) electrons. The van der Waals surface area contributed by atoms with Crippen LogP contribution < -0.4 is 4.74 Å². The molecule has 0 bridgehead atoms. The molecule has 2 aliphatic rings. The highest BCUT2D eigenvalue weighted by Gasteiger charge is 2.33. The Morgan fingerprint density at radius 2 is 1.29 bits per heavy atom. The number of ether oxygens (including phenoxy) is 1. The minimum Gasteiger partial charge on any atom is -0.453 e. The van der Waals surface area contributed by atoms with Crippen molar-refractivity contribution < 1.29 is 26.7 Å². The van der Waals surface area contributed by atoms with E-state index in [1.807, 2.05) is 0 Å². The Hall–Kier alpha value is -2.11. The van der Waals surface area contributed by atoms with Crippen LogP contribution in [0.4, 0.5) is 22.0 Å². The smallest absolute Gasteiger partial charge is 0.194 e. The molecule has 0 N–H and O–H groups in total. The Labute approximate surface area is 224 Å². The van der Waals surface area contributed by atoms with Gasteiger partial charge in [0, 0.05) is 23.8 Å². The van der Waals surface area contributed by atoms with E-state index >= 15 is 4.39 Å². The van der Waals surface area contributed by atoms with Crippen molar-refractivity contribution in [2.75, 3.05) is 0 Å². The summed E-state index contributed by atoms with van der Waals surface area (Å²) in [5, 5.41) is 0. The molecule has 2 aromatic carbocycles. The number of benzene rings is 2. The molecule has 4 rings (SSSR count). The molecule has 0 amide bonds.